The van der Waals surface area contributed by atoms with Crippen LogP contribution in [-0.2, 0) is 0 Å². The number of fused-ring (bicyclic) bond motifs is 1. The molecule has 2 aromatic carbocycles. The van der Waals surface area contributed by atoms with Gasteiger partial charge in [0.05, 0.1) is 18.2 Å². The molecule has 0 aliphatic heterocycles. The second kappa shape index (κ2) is 6.66. The topological polar surface area (TPSA) is 35.4 Å². The Hall–Kier alpha value is -1.97. The van der Waals surface area contributed by atoms with Gasteiger partial charge in [-0.1, -0.05) is 17.7 Å². The van der Waals surface area contributed by atoms with Crippen LogP contribution >= 0.6 is 11.6 Å². The molecule has 0 saturated heterocycles. The van der Waals surface area contributed by atoms with Crippen LogP contribution in [0.25, 0.3) is 10.9 Å². The first kappa shape index (κ1) is 15.4. The van der Waals surface area contributed by atoms with Gasteiger partial charge in [-0.3, -0.25) is 0 Å². The van der Waals surface area contributed by atoms with Gasteiger partial charge in [-0.2, -0.15) is 0 Å². The molecule has 1 heterocycles. The SMILES string of the molecule is COc1cccc(Nc2cc[nH+]c3cc(Cl)ccc23)c1.[Cl-]. The molecule has 1 aromatic heterocycles. The van der Waals surface area contributed by atoms with E-state index in [-0.39, 0.29) is 12.4 Å². The Kier molecular flexibility index (Phi) is 4.89. The van der Waals surface area contributed by atoms with Gasteiger partial charge < -0.3 is 22.5 Å². The lowest BCUT2D eigenvalue weighted by molar-refractivity contribution is -0.344. The van der Waals surface area contributed by atoms with Crippen LogP contribution in [0, 0.1) is 0 Å². The maximum absolute atomic E-state index is 6.01. The van der Waals surface area contributed by atoms with Crippen LogP contribution in [0.4, 0.5) is 11.4 Å². The number of hydrogen-bond donors (Lipinski definition) is 1. The molecule has 0 aliphatic carbocycles. The van der Waals surface area contributed by atoms with Crippen LogP contribution in [0.1, 0.15) is 0 Å². The average Bonchev–Trinajstić information content (AvgIpc) is 2.47. The van der Waals surface area contributed by atoms with Gasteiger partial charge in [0.2, 0.25) is 5.52 Å². The van der Waals surface area contributed by atoms with Gasteiger partial charge >= 0.3 is 0 Å². The highest BCUT2D eigenvalue weighted by atomic mass is 35.5. The fourth-order valence-corrected chi connectivity index (χ4v) is 2.31. The van der Waals surface area contributed by atoms with E-state index < -0.39 is 0 Å². The number of aromatic amines is 1. The van der Waals surface area contributed by atoms with E-state index in [0.29, 0.717) is 5.02 Å². The number of nitrogens with one attached hydrogen (secondary N) is 2. The molecule has 0 radical (unpaired) electrons. The third kappa shape index (κ3) is 3.38. The molecule has 0 amide bonds. The summed E-state index contributed by atoms with van der Waals surface area (Å²) in [4.78, 5) is 3.19. The number of rotatable bonds is 3. The lowest BCUT2D eigenvalue weighted by atomic mass is 10.2. The third-order valence-electron chi connectivity index (χ3n) is 3.11. The molecule has 0 aliphatic rings. The summed E-state index contributed by atoms with van der Waals surface area (Å²) in [6.07, 6.45) is 1.89. The summed E-state index contributed by atoms with van der Waals surface area (Å²) >= 11 is 6.01. The molecule has 0 atom stereocenters. The van der Waals surface area contributed by atoms with Crippen molar-refractivity contribution in [2.24, 2.45) is 0 Å². The fraction of sp³-hybridized carbons (Fsp3) is 0.0625. The number of aromatic nitrogens is 1. The molecule has 3 nitrogen and oxygen atoms in total. The predicted octanol–water partition coefficient (Wildman–Crippen LogP) is 1.06. The minimum atomic E-state index is 0. The van der Waals surface area contributed by atoms with E-state index in [1.165, 1.54) is 0 Å². The van der Waals surface area contributed by atoms with Gasteiger partial charge in [0.15, 0.2) is 6.20 Å². The minimum absolute atomic E-state index is 0. The van der Waals surface area contributed by atoms with Gasteiger partial charge in [-0.25, -0.2) is 4.98 Å². The number of benzene rings is 2. The van der Waals surface area contributed by atoms with E-state index in [1.54, 1.807) is 7.11 Å². The molecule has 0 spiro atoms. The van der Waals surface area contributed by atoms with Gasteiger partial charge in [0, 0.05) is 28.9 Å². The van der Waals surface area contributed by atoms with Crippen LogP contribution in [0.3, 0.4) is 0 Å². The summed E-state index contributed by atoms with van der Waals surface area (Å²) in [6, 6.07) is 15.6. The number of H-pyrrole nitrogens is 1. The molecule has 108 valence electrons. The zero-order valence-corrected chi connectivity index (χ0v) is 12.9. The van der Waals surface area contributed by atoms with Crippen molar-refractivity contribution < 1.29 is 22.1 Å². The highest BCUT2D eigenvalue weighted by Crippen LogP contribution is 2.27. The fourth-order valence-electron chi connectivity index (χ4n) is 2.14. The van der Waals surface area contributed by atoms with Gasteiger partial charge in [0.25, 0.3) is 0 Å². The third-order valence-corrected chi connectivity index (χ3v) is 3.34. The van der Waals surface area contributed by atoms with Crippen molar-refractivity contribution in [3.05, 3.63) is 59.8 Å². The van der Waals surface area contributed by atoms with Crippen molar-refractivity contribution >= 4 is 33.9 Å². The van der Waals surface area contributed by atoms with E-state index in [1.807, 2.05) is 54.7 Å². The van der Waals surface area contributed by atoms with Crippen LogP contribution in [0.2, 0.25) is 5.02 Å². The maximum atomic E-state index is 6.01. The normalized spacial score (nSPS) is 10.0. The van der Waals surface area contributed by atoms with Crippen LogP contribution in [0.15, 0.2) is 54.7 Å². The van der Waals surface area contributed by atoms with Crippen LogP contribution in [0.5, 0.6) is 5.75 Å². The van der Waals surface area contributed by atoms with Gasteiger partial charge in [-0.05, 0) is 24.3 Å². The number of hydrogen-bond acceptors (Lipinski definition) is 2. The summed E-state index contributed by atoms with van der Waals surface area (Å²) in [6.45, 7) is 0. The van der Waals surface area contributed by atoms with E-state index in [9.17, 15) is 0 Å². The van der Waals surface area contributed by atoms with Gasteiger partial charge in [0.1, 0.15) is 5.75 Å². The van der Waals surface area contributed by atoms with Crippen molar-refractivity contribution in [2.45, 2.75) is 0 Å². The summed E-state index contributed by atoms with van der Waals surface area (Å²) in [5.41, 5.74) is 2.99. The highest BCUT2D eigenvalue weighted by Gasteiger charge is 2.07. The molecule has 0 saturated carbocycles. The molecular formula is C16H14Cl2N2O. The molecule has 3 rings (SSSR count). The monoisotopic (exact) mass is 320 g/mol. The number of halogens is 2. The quantitative estimate of drug-likeness (QED) is 0.783. The Balaban J connectivity index is 0.00000161. The molecular weight excluding hydrogens is 307 g/mol. The van der Waals surface area contributed by atoms with E-state index >= 15 is 0 Å². The van der Waals surface area contributed by atoms with E-state index in [2.05, 4.69) is 10.3 Å². The maximum Gasteiger partial charge on any atom is 0.214 e. The van der Waals surface area contributed by atoms with Crippen LogP contribution < -0.4 is 27.4 Å². The Morgan fingerprint density at radius 2 is 1.95 bits per heavy atom. The standard InChI is InChI=1S/C16H13ClN2O.ClH/c1-20-13-4-2-3-12(10-13)19-15-7-8-18-16-9-11(17)5-6-14(15)16;/h2-10H,1H3,(H,18,19);1H. The number of methoxy groups -OCH3 is 1. The molecule has 0 fully saturated rings. The lowest BCUT2D eigenvalue weighted by Crippen LogP contribution is -3.00. The summed E-state index contributed by atoms with van der Waals surface area (Å²) in [5, 5.41) is 5.20. The predicted molar refractivity (Wildman–Crippen MR) is 81.8 cm³/mol. The Bertz CT molecular complexity index is 762. The zero-order chi connectivity index (χ0) is 13.9. The molecule has 0 bridgehead atoms. The molecule has 21 heavy (non-hydrogen) atoms. The van der Waals surface area contributed by atoms with E-state index in [4.69, 9.17) is 16.3 Å². The zero-order valence-electron chi connectivity index (χ0n) is 11.4. The van der Waals surface area contributed by atoms with Crippen LogP contribution in [-0.4, -0.2) is 7.11 Å². The van der Waals surface area contributed by atoms with Crippen molar-refractivity contribution in [1.29, 1.82) is 0 Å². The Morgan fingerprint density at radius 3 is 2.76 bits per heavy atom. The van der Waals surface area contributed by atoms with Crippen molar-refractivity contribution in [3.8, 4) is 5.75 Å². The van der Waals surface area contributed by atoms with Gasteiger partial charge in [-0.15, -0.1) is 0 Å². The first-order valence-corrected chi connectivity index (χ1v) is 6.65. The smallest absolute Gasteiger partial charge is 0.214 e. The molecule has 2 N–H and O–H groups in total. The average molecular weight is 321 g/mol. The van der Waals surface area contributed by atoms with E-state index in [0.717, 1.165) is 28.0 Å². The molecule has 3 aromatic rings. The van der Waals surface area contributed by atoms with Crippen molar-refractivity contribution in [1.82, 2.24) is 0 Å². The number of anilines is 2. The lowest BCUT2D eigenvalue weighted by Gasteiger charge is -2.09. The minimum Gasteiger partial charge on any atom is -1.00 e. The molecule has 0 unspecified atom stereocenters. The first-order valence-electron chi connectivity index (χ1n) is 6.27. The second-order valence-corrected chi connectivity index (χ2v) is 4.87. The Morgan fingerprint density at radius 1 is 1.10 bits per heavy atom. The second-order valence-electron chi connectivity index (χ2n) is 4.44. The first-order chi connectivity index (χ1) is 9.76. The van der Waals surface area contributed by atoms with Crippen molar-refractivity contribution in [2.75, 3.05) is 12.4 Å². The largest absolute Gasteiger partial charge is 1.00 e. The highest BCUT2D eigenvalue weighted by molar-refractivity contribution is 6.31. The Labute approximate surface area is 134 Å². The summed E-state index contributed by atoms with van der Waals surface area (Å²) < 4.78 is 5.23. The number of ether oxygens (including phenoxy) is 1. The van der Waals surface area contributed by atoms with Crippen molar-refractivity contribution in [3.63, 3.8) is 0 Å². The molecule has 5 heteroatoms. The number of pyridine rings is 1. The summed E-state index contributed by atoms with van der Waals surface area (Å²) in [7, 11) is 1.66. The summed E-state index contributed by atoms with van der Waals surface area (Å²) in [5.74, 6) is 0.824.